The van der Waals surface area contributed by atoms with Crippen molar-refractivity contribution in [2.24, 2.45) is 0 Å². The number of hydrogen-bond acceptors (Lipinski definition) is 4. The fourth-order valence-electron chi connectivity index (χ4n) is 3.24. The monoisotopic (exact) mass is 280 g/mol. The summed E-state index contributed by atoms with van der Waals surface area (Å²) >= 11 is 0. The molecule has 2 atom stereocenters. The number of nitrogens with one attached hydrogen (secondary N) is 1. The van der Waals surface area contributed by atoms with Crippen LogP contribution in [-0.4, -0.2) is 44.0 Å². The first-order chi connectivity index (χ1) is 9.07. The van der Waals surface area contributed by atoms with Gasteiger partial charge in [-0.15, -0.1) is 0 Å². The summed E-state index contributed by atoms with van der Waals surface area (Å²) in [6.45, 7) is 4.48. The lowest BCUT2D eigenvalue weighted by atomic mass is 9.94. The van der Waals surface area contributed by atoms with Gasteiger partial charge in [-0.3, -0.25) is 4.90 Å². The van der Waals surface area contributed by atoms with E-state index in [9.17, 15) is 8.42 Å². The summed E-state index contributed by atoms with van der Waals surface area (Å²) in [6.07, 6.45) is 0. The molecule has 19 heavy (non-hydrogen) atoms. The molecule has 4 nitrogen and oxygen atoms in total. The summed E-state index contributed by atoms with van der Waals surface area (Å²) in [7, 11) is -2.84. The largest absolute Gasteiger partial charge is 0.311 e. The van der Waals surface area contributed by atoms with E-state index < -0.39 is 9.84 Å². The zero-order valence-corrected chi connectivity index (χ0v) is 12.0. The Morgan fingerprint density at radius 1 is 1.32 bits per heavy atom. The van der Waals surface area contributed by atoms with Crippen molar-refractivity contribution in [2.45, 2.75) is 25.6 Å². The Balaban J connectivity index is 1.88. The van der Waals surface area contributed by atoms with Gasteiger partial charge in [0.15, 0.2) is 9.84 Å². The molecule has 0 amide bonds. The molecule has 2 aliphatic heterocycles. The third-order valence-electron chi connectivity index (χ3n) is 4.19. The third kappa shape index (κ3) is 2.55. The van der Waals surface area contributed by atoms with Crippen molar-refractivity contribution in [1.82, 2.24) is 10.2 Å². The fourth-order valence-corrected chi connectivity index (χ4v) is 4.83. The molecule has 2 heterocycles. The summed E-state index contributed by atoms with van der Waals surface area (Å²) in [5, 5.41) is 3.44. The molecule has 1 N–H and O–H groups in total. The van der Waals surface area contributed by atoms with Gasteiger partial charge in [0.25, 0.3) is 0 Å². The lowest BCUT2D eigenvalue weighted by Crippen LogP contribution is -2.51. The zero-order chi connectivity index (χ0) is 13.5. The van der Waals surface area contributed by atoms with E-state index in [2.05, 4.69) is 34.5 Å². The molecule has 5 heteroatoms. The van der Waals surface area contributed by atoms with Crippen LogP contribution in [0.25, 0.3) is 0 Å². The van der Waals surface area contributed by atoms with Crippen molar-refractivity contribution in [3.63, 3.8) is 0 Å². The van der Waals surface area contributed by atoms with E-state index in [1.807, 2.05) is 6.92 Å². The average molecular weight is 280 g/mol. The maximum Gasteiger partial charge on any atom is 0.153 e. The standard InChI is InChI=1S/C14H20N2O2S/c1-11-10-19(17,18)7-6-16(11)14-9-15-8-12-4-2-3-5-13(12)14/h2-5,11,14-15H,6-10H2,1H3. The van der Waals surface area contributed by atoms with Crippen molar-refractivity contribution >= 4 is 9.84 Å². The topological polar surface area (TPSA) is 49.4 Å². The highest BCUT2D eigenvalue weighted by Gasteiger charge is 2.34. The average Bonchev–Trinajstić information content (AvgIpc) is 2.37. The molecule has 1 aromatic carbocycles. The molecule has 0 spiro atoms. The van der Waals surface area contributed by atoms with Crippen LogP contribution in [0.1, 0.15) is 24.1 Å². The van der Waals surface area contributed by atoms with E-state index in [1.54, 1.807) is 0 Å². The molecule has 1 aromatic rings. The molecule has 0 aliphatic carbocycles. The van der Waals surface area contributed by atoms with E-state index in [0.717, 1.165) is 13.1 Å². The lowest BCUT2D eigenvalue weighted by molar-refractivity contribution is 0.148. The maximum absolute atomic E-state index is 11.7. The lowest BCUT2D eigenvalue weighted by Gasteiger charge is -2.42. The van der Waals surface area contributed by atoms with Crippen LogP contribution in [0.15, 0.2) is 24.3 Å². The van der Waals surface area contributed by atoms with Gasteiger partial charge in [-0.25, -0.2) is 8.42 Å². The van der Waals surface area contributed by atoms with E-state index in [0.29, 0.717) is 12.6 Å². The molecule has 3 rings (SSSR count). The van der Waals surface area contributed by atoms with Gasteiger partial charge in [-0.05, 0) is 18.1 Å². The molecule has 1 fully saturated rings. The molecule has 0 saturated carbocycles. The SMILES string of the molecule is CC1CS(=O)(=O)CCN1C1CNCc2ccccc21. The molecular weight excluding hydrogens is 260 g/mol. The Bertz CT molecular complexity index is 571. The molecular formula is C14H20N2O2S. The van der Waals surface area contributed by atoms with Crippen LogP contribution in [-0.2, 0) is 16.4 Å². The number of sulfone groups is 1. The Morgan fingerprint density at radius 2 is 2.11 bits per heavy atom. The van der Waals surface area contributed by atoms with Crippen LogP contribution in [0.5, 0.6) is 0 Å². The summed E-state index contributed by atoms with van der Waals surface area (Å²) in [5.41, 5.74) is 2.69. The highest BCUT2D eigenvalue weighted by atomic mass is 32.2. The van der Waals surface area contributed by atoms with Gasteiger partial charge in [0.1, 0.15) is 0 Å². The second-order valence-electron chi connectivity index (χ2n) is 5.55. The minimum Gasteiger partial charge on any atom is -0.311 e. The minimum atomic E-state index is -2.84. The Kier molecular flexibility index (Phi) is 3.37. The Labute approximate surface area is 114 Å². The van der Waals surface area contributed by atoms with Crippen molar-refractivity contribution in [2.75, 3.05) is 24.6 Å². The molecule has 0 bridgehead atoms. The first-order valence-corrected chi connectivity index (χ1v) is 8.64. The predicted molar refractivity (Wildman–Crippen MR) is 75.7 cm³/mol. The quantitative estimate of drug-likeness (QED) is 0.832. The number of fused-ring (bicyclic) bond motifs is 1. The molecule has 104 valence electrons. The normalized spacial score (nSPS) is 30.8. The molecule has 0 radical (unpaired) electrons. The van der Waals surface area contributed by atoms with E-state index in [-0.39, 0.29) is 17.5 Å². The number of hydrogen-bond donors (Lipinski definition) is 1. The van der Waals surface area contributed by atoms with Crippen molar-refractivity contribution in [1.29, 1.82) is 0 Å². The summed E-state index contributed by atoms with van der Waals surface area (Å²) < 4.78 is 23.4. The van der Waals surface area contributed by atoms with Crippen LogP contribution in [0.4, 0.5) is 0 Å². The van der Waals surface area contributed by atoms with Crippen LogP contribution in [0, 0.1) is 0 Å². The number of nitrogens with zero attached hydrogens (tertiary/aromatic N) is 1. The van der Waals surface area contributed by atoms with Gasteiger partial charge in [-0.2, -0.15) is 0 Å². The van der Waals surface area contributed by atoms with E-state index in [4.69, 9.17) is 0 Å². The molecule has 2 unspecified atom stereocenters. The number of rotatable bonds is 1. The van der Waals surface area contributed by atoms with Crippen LogP contribution >= 0.6 is 0 Å². The van der Waals surface area contributed by atoms with Crippen LogP contribution < -0.4 is 5.32 Å². The van der Waals surface area contributed by atoms with Crippen molar-refractivity contribution in [3.8, 4) is 0 Å². The van der Waals surface area contributed by atoms with Gasteiger partial charge in [0, 0.05) is 31.7 Å². The molecule has 1 saturated heterocycles. The minimum absolute atomic E-state index is 0.0942. The second kappa shape index (κ2) is 4.89. The smallest absolute Gasteiger partial charge is 0.153 e. The Hall–Kier alpha value is -0.910. The zero-order valence-electron chi connectivity index (χ0n) is 11.2. The first-order valence-electron chi connectivity index (χ1n) is 6.81. The highest BCUT2D eigenvalue weighted by molar-refractivity contribution is 7.91. The Morgan fingerprint density at radius 3 is 2.89 bits per heavy atom. The van der Waals surface area contributed by atoms with Crippen molar-refractivity contribution in [3.05, 3.63) is 35.4 Å². The van der Waals surface area contributed by atoms with Gasteiger partial charge in [-0.1, -0.05) is 24.3 Å². The fraction of sp³-hybridized carbons (Fsp3) is 0.571. The van der Waals surface area contributed by atoms with Crippen molar-refractivity contribution < 1.29 is 8.42 Å². The second-order valence-corrected chi connectivity index (χ2v) is 7.78. The summed E-state index contributed by atoms with van der Waals surface area (Å²) in [6, 6.07) is 8.86. The van der Waals surface area contributed by atoms with Gasteiger partial charge in [0.05, 0.1) is 11.5 Å². The van der Waals surface area contributed by atoms with Gasteiger partial charge < -0.3 is 5.32 Å². The first kappa shape index (κ1) is 13.1. The van der Waals surface area contributed by atoms with Gasteiger partial charge >= 0.3 is 0 Å². The van der Waals surface area contributed by atoms with Gasteiger partial charge in [0.2, 0.25) is 0 Å². The van der Waals surface area contributed by atoms with E-state index >= 15 is 0 Å². The summed E-state index contributed by atoms with van der Waals surface area (Å²) in [5.74, 6) is 0.571. The third-order valence-corrected chi connectivity index (χ3v) is 5.98. The summed E-state index contributed by atoms with van der Waals surface area (Å²) in [4.78, 5) is 2.34. The number of benzene rings is 1. The molecule has 2 aliphatic rings. The maximum atomic E-state index is 11.7. The van der Waals surface area contributed by atoms with Crippen LogP contribution in [0.2, 0.25) is 0 Å². The predicted octanol–water partition coefficient (Wildman–Crippen LogP) is 0.950. The van der Waals surface area contributed by atoms with E-state index in [1.165, 1.54) is 11.1 Å². The van der Waals surface area contributed by atoms with Crippen LogP contribution in [0.3, 0.4) is 0 Å². The highest BCUT2D eigenvalue weighted by Crippen LogP contribution is 2.30. The molecule has 0 aromatic heterocycles.